The molecule has 2 fully saturated rings. The molecule has 2 aliphatic rings. The highest BCUT2D eigenvalue weighted by molar-refractivity contribution is 7.89. The van der Waals surface area contributed by atoms with Gasteiger partial charge in [0.05, 0.1) is 27.9 Å². The Bertz CT molecular complexity index is 1530. The molecule has 0 bridgehead atoms. The number of imidazole rings is 1. The average molecular weight is 547 g/mol. The zero-order valence-electron chi connectivity index (χ0n) is 21.5. The Morgan fingerprint density at radius 1 is 0.872 bits per heavy atom. The summed E-state index contributed by atoms with van der Waals surface area (Å²) in [5, 5.41) is 0. The first-order valence-electron chi connectivity index (χ1n) is 13.5. The van der Waals surface area contributed by atoms with Gasteiger partial charge < -0.3 is 9.88 Å². The van der Waals surface area contributed by atoms with Crippen LogP contribution in [0.2, 0.25) is 0 Å². The standard InChI is InChI=1S/C30H31FN4O3S/c31-24-13-10-21(11-14-24)28-15-12-23(20-35(28)39(37,38)25-6-2-1-3-7-25)30(36)34-18-16-22(17-19-34)29-32-26-8-4-5-9-27(26)33-29/h1-11,13-14,22-23,28H,12,15-20H2,(H,32,33)/t23-,28-/m1/s1. The summed E-state index contributed by atoms with van der Waals surface area (Å²) < 4.78 is 42.6. The van der Waals surface area contributed by atoms with Crippen LogP contribution in [0.4, 0.5) is 4.39 Å². The second kappa shape index (κ2) is 10.5. The van der Waals surface area contributed by atoms with Crippen LogP contribution in [0.25, 0.3) is 11.0 Å². The Morgan fingerprint density at radius 2 is 1.56 bits per heavy atom. The van der Waals surface area contributed by atoms with Crippen molar-refractivity contribution >= 4 is 27.0 Å². The molecule has 1 amide bonds. The molecule has 202 valence electrons. The molecule has 0 spiro atoms. The van der Waals surface area contributed by atoms with Gasteiger partial charge in [0.1, 0.15) is 11.6 Å². The molecule has 0 unspecified atom stereocenters. The Morgan fingerprint density at radius 3 is 2.28 bits per heavy atom. The number of para-hydroxylation sites is 2. The predicted octanol–water partition coefficient (Wildman–Crippen LogP) is 5.25. The van der Waals surface area contributed by atoms with Crippen LogP contribution in [0.15, 0.2) is 83.8 Å². The lowest BCUT2D eigenvalue weighted by molar-refractivity contribution is -0.138. The Hall–Kier alpha value is -3.56. The lowest BCUT2D eigenvalue weighted by Gasteiger charge is -2.41. The summed E-state index contributed by atoms with van der Waals surface area (Å²) in [5.74, 6) is 0.423. The average Bonchev–Trinajstić information content (AvgIpc) is 3.42. The number of aromatic nitrogens is 2. The molecule has 9 heteroatoms. The summed E-state index contributed by atoms with van der Waals surface area (Å²) in [7, 11) is -3.87. The molecule has 3 heterocycles. The third-order valence-electron chi connectivity index (χ3n) is 8.09. The summed E-state index contributed by atoms with van der Waals surface area (Å²) in [6, 6.07) is 21.8. The minimum absolute atomic E-state index is 0.00359. The fourth-order valence-corrected chi connectivity index (χ4v) is 7.66. The monoisotopic (exact) mass is 546 g/mol. The van der Waals surface area contributed by atoms with Crippen LogP contribution >= 0.6 is 0 Å². The number of nitrogens with one attached hydrogen (secondary N) is 1. The number of H-pyrrole nitrogens is 1. The number of halogens is 1. The molecular formula is C30H31FN4O3S. The maximum absolute atomic E-state index is 13.8. The summed E-state index contributed by atoms with van der Waals surface area (Å²) in [6.45, 7) is 1.33. The maximum atomic E-state index is 13.8. The van der Waals surface area contributed by atoms with Crippen LogP contribution in [0.5, 0.6) is 0 Å². The van der Waals surface area contributed by atoms with E-state index in [4.69, 9.17) is 4.98 Å². The van der Waals surface area contributed by atoms with Gasteiger partial charge in [0.15, 0.2) is 0 Å². The number of rotatable bonds is 5. The Labute approximate surface area is 227 Å². The highest BCUT2D eigenvalue weighted by Gasteiger charge is 2.41. The molecular weight excluding hydrogens is 515 g/mol. The van der Waals surface area contributed by atoms with E-state index in [1.165, 1.54) is 16.4 Å². The summed E-state index contributed by atoms with van der Waals surface area (Å²) >= 11 is 0. The number of amides is 1. The van der Waals surface area contributed by atoms with Crippen molar-refractivity contribution in [3.8, 4) is 0 Å². The molecule has 2 atom stereocenters. The molecule has 3 aromatic carbocycles. The van der Waals surface area contributed by atoms with Crippen LogP contribution in [0, 0.1) is 11.7 Å². The van der Waals surface area contributed by atoms with Gasteiger partial charge in [-0.25, -0.2) is 17.8 Å². The van der Waals surface area contributed by atoms with Crippen molar-refractivity contribution in [3.63, 3.8) is 0 Å². The largest absolute Gasteiger partial charge is 0.342 e. The van der Waals surface area contributed by atoms with E-state index in [-0.39, 0.29) is 29.1 Å². The van der Waals surface area contributed by atoms with Gasteiger partial charge in [-0.15, -0.1) is 0 Å². The molecule has 0 radical (unpaired) electrons. The fraction of sp³-hybridized carbons (Fsp3) is 0.333. The van der Waals surface area contributed by atoms with E-state index in [1.807, 2.05) is 29.2 Å². The number of hydrogen-bond donors (Lipinski definition) is 1. The molecule has 2 aliphatic heterocycles. The van der Waals surface area contributed by atoms with E-state index in [0.717, 1.165) is 35.3 Å². The van der Waals surface area contributed by atoms with Gasteiger partial charge in [0.2, 0.25) is 15.9 Å². The van der Waals surface area contributed by atoms with Crippen LogP contribution < -0.4 is 0 Å². The van der Waals surface area contributed by atoms with Gasteiger partial charge in [-0.3, -0.25) is 4.79 Å². The number of fused-ring (bicyclic) bond motifs is 1. The number of hydrogen-bond acceptors (Lipinski definition) is 4. The van der Waals surface area contributed by atoms with Crippen molar-refractivity contribution in [3.05, 3.63) is 96.1 Å². The van der Waals surface area contributed by atoms with Crippen molar-refractivity contribution in [2.24, 2.45) is 5.92 Å². The molecule has 1 N–H and O–H groups in total. The van der Waals surface area contributed by atoms with Gasteiger partial charge in [-0.05, 0) is 67.6 Å². The number of carbonyl (C=O) groups is 1. The number of sulfonamides is 1. The molecule has 0 saturated carbocycles. The van der Waals surface area contributed by atoms with Gasteiger partial charge in [-0.1, -0.05) is 42.5 Å². The molecule has 1 aromatic heterocycles. The zero-order chi connectivity index (χ0) is 27.0. The molecule has 39 heavy (non-hydrogen) atoms. The van der Waals surface area contributed by atoms with Crippen LogP contribution in [0.3, 0.4) is 0 Å². The summed E-state index contributed by atoms with van der Waals surface area (Å²) in [6.07, 6.45) is 2.68. The summed E-state index contributed by atoms with van der Waals surface area (Å²) in [4.78, 5) is 23.9. The van der Waals surface area contributed by atoms with Crippen LogP contribution in [0.1, 0.15) is 49.0 Å². The lowest BCUT2D eigenvalue weighted by Crippen LogP contribution is -2.49. The topological polar surface area (TPSA) is 86.4 Å². The third-order valence-corrected chi connectivity index (χ3v) is 9.98. The van der Waals surface area contributed by atoms with Crippen molar-refractivity contribution in [2.75, 3.05) is 19.6 Å². The zero-order valence-corrected chi connectivity index (χ0v) is 22.4. The van der Waals surface area contributed by atoms with Crippen LogP contribution in [-0.4, -0.2) is 53.1 Å². The first kappa shape index (κ1) is 25.7. The number of carbonyl (C=O) groups excluding carboxylic acids is 1. The SMILES string of the molecule is O=C([C@@H]1CC[C@H](c2ccc(F)cc2)N(S(=O)(=O)c2ccccc2)C1)N1CCC(c2nc3ccccc3[nH]2)CC1. The summed E-state index contributed by atoms with van der Waals surface area (Å²) in [5.41, 5.74) is 2.70. The number of nitrogens with zero attached hydrogens (tertiary/aromatic N) is 3. The maximum Gasteiger partial charge on any atom is 0.243 e. The smallest absolute Gasteiger partial charge is 0.243 e. The van der Waals surface area contributed by atoms with E-state index in [0.29, 0.717) is 25.9 Å². The molecule has 2 saturated heterocycles. The van der Waals surface area contributed by atoms with Gasteiger partial charge in [0, 0.05) is 25.6 Å². The second-order valence-corrected chi connectivity index (χ2v) is 12.4. The first-order valence-corrected chi connectivity index (χ1v) is 14.9. The number of aromatic amines is 1. The molecule has 4 aromatic rings. The molecule has 6 rings (SSSR count). The third kappa shape index (κ3) is 5.08. The van der Waals surface area contributed by atoms with Gasteiger partial charge in [-0.2, -0.15) is 4.31 Å². The van der Waals surface area contributed by atoms with E-state index in [2.05, 4.69) is 4.98 Å². The highest BCUT2D eigenvalue weighted by Crippen LogP contribution is 2.39. The number of likely N-dealkylation sites (tertiary alicyclic amines) is 1. The first-order chi connectivity index (χ1) is 18.9. The second-order valence-electron chi connectivity index (χ2n) is 10.5. The van der Waals surface area contributed by atoms with Crippen molar-refractivity contribution in [1.82, 2.24) is 19.2 Å². The highest BCUT2D eigenvalue weighted by atomic mass is 32.2. The fourth-order valence-electron chi connectivity index (χ4n) is 5.95. The van der Waals surface area contributed by atoms with E-state index >= 15 is 0 Å². The minimum Gasteiger partial charge on any atom is -0.342 e. The van der Waals surface area contributed by atoms with Crippen LogP contribution in [-0.2, 0) is 14.8 Å². The van der Waals surface area contributed by atoms with Crippen molar-refractivity contribution in [1.29, 1.82) is 0 Å². The van der Waals surface area contributed by atoms with Crippen molar-refractivity contribution < 1.29 is 17.6 Å². The normalized spacial score (nSPS) is 21.3. The predicted molar refractivity (Wildman–Crippen MR) is 147 cm³/mol. The van der Waals surface area contributed by atoms with E-state index < -0.39 is 22.0 Å². The quantitative estimate of drug-likeness (QED) is 0.371. The van der Waals surface area contributed by atoms with Gasteiger partial charge >= 0.3 is 0 Å². The van der Waals surface area contributed by atoms with Crippen molar-refractivity contribution in [2.45, 2.75) is 42.5 Å². The van der Waals surface area contributed by atoms with E-state index in [9.17, 15) is 17.6 Å². The lowest BCUT2D eigenvalue weighted by atomic mass is 9.89. The number of piperidine rings is 2. The van der Waals surface area contributed by atoms with E-state index in [1.54, 1.807) is 42.5 Å². The molecule has 0 aliphatic carbocycles. The minimum atomic E-state index is -3.87. The molecule has 7 nitrogen and oxygen atoms in total. The Balaban J connectivity index is 1.19. The number of benzene rings is 3. The Kier molecular flexibility index (Phi) is 6.95. The van der Waals surface area contributed by atoms with Gasteiger partial charge in [0.25, 0.3) is 0 Å².